The molecule has 0 unspecified atom stereocenters. The third-order valence-electron chi connectivity index (χ3n) is 4.96. The first-order valence-corrected chi connectivity index (χ1v) is 8.98. The van der Waals surface area contributed by atoms with Crippen LogP contribution < -0.4 is 14.7 Å². The maximum Gasteiger partial charge on any atom is 0.141 e. The minimum Gasteiger partial charge on any atom is -0.356 e. The van der Waals surface area contributed by atoms with Crippen molar-refractivity contribution in [3.05, 3.63) is 36.5 Å². The molecule has 2 aliphatic rings. The molecule has 0 atom stereocenters. The Morgan fingerprint density at radius 1 is 0.680 bits per heavy atom. The van der Waals surface area contributed by atoms with Crippen molar-refractivity contribution in [1.82, 2.24) is 15.0 Å². The van der Waals surface area contributed by atoms with Gasteiger partial charge in [-0.15, -0.1) is 0 Å². The van der Waals surface area contributed by atoms with Gasteiger partial charge in [0.25, 0.3) is 0 Å². The Balaban J connectivity index is 1.41. The van der Waals surface area contributed by atoms with E-state index in [4.69, 9.17) is 0 Å². The number of hydrogen-bond acceptors (Lipinski definition) is 6. The Morgan fingerprint density at radius 3 is 1.88 bits per heavy atom. The summed E-state index contributed by atoms with van der Waals surface area (Å²) in [5.74, 6) is 2.56. The fraction of sp³-hybridized carbons (Fsp3) is 0.500. The Bertz CT molecular complexity index is 693. The first-order chi connectivity index (χ1) is 12.3. The zero-order valence-electron chi connectivity index (χ0n) is 14.3. The number of nitrogens with zero attached hydrogens (tertiary/aromatic N) is 6. The molecule has 0 amide bonds. The second-order valence-corrected chi connectivity index (χ2v) is 6.59. The number of piperidine rings is 1. The monoisotopic (exact) mass is 342 g/mol. The van der Waals surface area contributed by atoms with Gasteiger partial charge in [-0.1, -0.05) is 0 Å². The smallest absolute Gasteiger partial charge is 0.141 e. The minimum atomic E-state index is -0.298. The molecular formula is C18H23FN6. The first kappa shape index (κ1) is 16.1. The molecule has 6 nitrogen and oxygen atoms in total. The Morgan fingerprint density at radius 2 is 1.28 bits per heavy atom. The van der Waals surface area contributed by atoms with Crippen LogP contribution in [0.4, 0.5) is 21.8 Å². The van der Waals surface area contributed by atoms with Crippen LogP contribution in [0, 0.1) is 5.82 Å². The highest BCUT2D eigenvalue weighted by molar-refractivity contribution is 5.52. The number of pyridine rings is 1. The SMILES string of the molecule is Fc1ccc(N2CCN(c3cc(N4CCCCC4)ncn3)CC2)nc1. The molecule has 0 radical (unpaired) electrons. The molecule has 2 aromatic rings. The van der Waals surface area contributed by atoms with Crippen molar-refractivity contribution in [2.45, 2.75) is 19.3 Å². The third kappa shape index (κ3) is 3.65. The van der Waals surface area contributed by atoms with Crippen LogP contribution in [0.15, 0.2) is 30.7 Å². The molecule has 132 valence electrons. The quantitative estimate of drug-likeness (QED) is 0.853. The predicted molar refractivity (Wildman–Crippen MR) is 96.7 cm³/mol. The van der Waals surface area contributed by atoms with Crippen LogP contribution in [0.1, 0.15) is 19.3 Å². The van der Waals surface area contributed by atoms with Gasteiger partial charge in [-0.3, -0.25) is 0 Å². The summed E-state index contributed by atoms with van der Waals surface area (Å²) < 4.78 is 13.0. The first-order valence-electron chi connectivity index (χ1n) is 8.98. The van der Waals surface area contributed by atoms with Crippen molar-refractivity contribution in [2.24, 2.45) is 0 Å². The number of aromatic nitrogens is 3. The molecule has 2 aliphatic heterocycles. The molecule has 0 saturated carbocycles. The molecule has 0 spiro atoms. The van der Waals surface area contributed by atoms with E-state index >= 15 is 0 Å². The maximum absolute atomic E-state index is 13.0. The van der Waals surface area contributed by atoms with E-state index in [1.807, 2.05) is 0 Å². The largest absolute Gasteiger partial charge is 0.356 e. The summed E-state index contributed by atoms with van der Waals surface area (Å²) in [5.41, 5.74) is 0. The van der Waals surface area contributed by atoms with Gasteiger partial charge < -0.3 is 14.7 Å². The fourth-order valence-corrected chi connectivity index (χ4v) is 3.53. The van der Waals surface area contributed by atoms with Gasteiger partial charge in [0.1, 0.15) is 29.6 Å². The van der Waals surface area contributed by atoms with E-state index in [0.717, 1.165) is 56.7 Å². The lowest BCUT2D eigenvalue weighted by Crippen LogP contribution is -2.47. The lowest BCUT2D eigenvalue weighted by atomic mass is 10.1. The van der Waals surface area contributed by atoms with Crippen LogP contribution in [0.2, 0.25) is 0 Å². The van der Waals surface area contributed by atoms with Gasteiger partial charge in [-0.2, -0.15) is 0 Å². The van der Waals surface area contributed by atoms with E-state index in [9.17, 15) is 4.39 Å². The number of halogens is 1. The number of hydrogen-bond donors (Lipinski definition) is 0. The van der Waals surface area contributed by atoms with E-state index in [-0.39, 0.29) is 5.82 Å². The molecule has 7 heteroatoms. The lowest BCUT2D eigenvalue weighted by molar-refractivity contribution is 0.572. The molecule has 4 heterocycles. The van der Waals surface area contributed by atoms with E-state index in [1.165, 1.54) is 31.5 Å². The lowest BCUT2D eigenvalue weighted by Gasteiger charge is -2.36. The molecule has 0 aliphatic carbocycles. The summed E-state index contributed by atoms with van der Waals surface area (Å²) in [6.07, 6.45) is 6.74. The molecular weight excluding hydrogens is 319 g/mol. The second kappa shape index (κ2) is 7.21. The van der Waals surface area contributed by atoms with Crippen LogP contribution in [-0.4, -0.2) is 54.2 Å². The third-order valence-corrected chi connectivity index (χ3v) is 4.96. The second-order valence-electron chi connectivity index (χ2n) is 6.59. The van der Waals surface area contributed by atoms with Gasteiger partial charge in [0.05, 0.1) is 6.20 Å². The van der Waals surface area contributed by atoms with E-state index in [1.54, 1.807) is 12.4 Å². The van der Waals surface area contributed by atoms with Crippen molar-refractivity contribution in [1.29, 1.82) is 0 Å². The molecule has 2 saturated heterocycles. The highest BCUT2D eigenvalue weighted by Crippen LogP contribution is 2.23. The summed E-state index contributed by atoms with van der Waals surface area (Å²) in [6.45, 7) is 5.61. The van der Waals surface area contributed by atoms with E-state index < -0.39 is 0 Å². The van der Waals surface area contributed by atoms with Gasteiger partial charge in [-0.25, -0.2) is 19.3 Å². The number of rotatable bonds is 3. The Labute approximate surface area is 147 Å². The zero-order valence-corrected chi connectivity index (χ0v) is 14.3. The molecule has 0 N–H and O–H groups in total. The number of piperazine rings is 1. The van der Waals surface area contributed by atoms with Crippen molar-refractivity contribution in [3.63, 3.8) is 0 Å². The summed E-state index contributed by atoms with van der Waals surface area (Å²) in [5, 5.41) is 0. The topological polar surface area (TPSA) is 48.4 Å². The summed E-state index contributed by atoms with van der Waals surface area (Å²) in [4.78, 5) is 19.9. The number of anilines is 3. The maximum atomic E-state index is 13.0. The van der Waals surface area contributed by atoms with E-state index in [2.05, 4.69) is 35.7 Å². The van der Waals surface area contributed by atoms with Crippen molar-refractivity contribution < 1.29 is 4.39 Å². The average Bonchev–Trinajstić information content (AvgIpc) is 2.70. The molecule has 2 aromatic heterocycles. The van der Waals surface area contributed by atoms with Crippen LogP contribution in [0.25, 0.3) is 0 Å². The molecule has 0 aromatic carbocycles. The van der Waals surface area contributed by atoms with Crippen LogP contribution in [0.5, 0.6) is 0 Å². The average molecular weight is 342 g/mol. The van der Waals surface area contributed by atoms with Gasteiger partial charge in [0.2, 0.25) is 0 Å². The standard InChI is InChI=1S/C18H23FN6/c19-15-4-5-16(20-13-15)24-8-10-25(11-9-24)18-12-17(21-14-22-18)23-6-2-1-3-7-23/h4-5,12-14H,1-3,6-11H2. The fourth-order valence-electron chi connectivity index (χ4n) is 3.53. The highest BCUT2D eigenvalue weighted by atomic mass is 19.1. The molecule has 0 bridgehead atoms. The van der Waals surface area contributed by atoms with Crippen molar-refractivity contribution >= 4 is 17.5 Å². The van der Waals surface area contributed by atoms with Crippen LogP contribution >= 0.6 is 0 Å². The van der Waals surface area contributed by atoms with E-state index in [0.29, 0.717) is 0 Å². The van der Waals surface area contributed by atoms with Crippen LogP contribution in [0.3, 0.4) is 0 Å². The molecule has 2 fully saturated rings. The van der Waals surface area contributed by atoms with Gasteiger partial charge in [-0.05, 0) is 31.4 Å². The zero-order chi connectivity index (χ0) is 17.1. The van der Waals surface area contributed by atoms with Crippen molar-refractivity contribution in [2.75, 3.05) is 54.0 Å². The summed E-state index contributed by atoms with van der Waals surface area (Å²) >= 11 is 0. The Hall–Kier alpha value is -2.44. The Kier molecular flexibility index (Phi) is 4.63. The van der Waals surface area contributed by atoms with Crippen LogP contribution in [-0.2, 0) is 0 Å². The van der Waals surface area contributed by atoms with Gasteiger partial charge >= 0.3 is 0 Å². The minimum absolute atomic E-state index is 0.298. The van der Waals surface area contributed by atoms with Gasteiger partial charge in [0, 0.05) is 45.3 Å². The molecule has 4 rings (SSSR count). The summed E-state index contributed by atoms with van der Waals surface area (Å²) in [7, 11) is 0. The van der Waals surface area contributed by atoms with Gasteiger partial charge in [0.15, 0.2) is 0 Å². The molecule has 25 heavy (non-hydrogen) atoms. The summed E-state index contributed by atoms with van der Waals surface area (Å²) in [6, 6.07) is 5.31. The normalized spacial score (nSPS) is 18.5. The van der Waals surface area contributed by atoms with Crippen molar-refractivity contribution in [3.8, 4) is 0 Å². The predicted octanol–water partition coefficient (Wildman–Crippen LogP) is 2.33. The highest BCUT2D eigenvalue weighted by Gasteiger charge is 2.20.